The molecule has 2 aromatic carbocycles. The summed E-state index contributed by atoms with van der Waals surface area (Å²) in [6.45, 7) is 2.73. The molecular weight excluding hydrogens is 298 g/mol. The highest BCUT2D eigenvalue weighted by Gasteiger charge is 2.21. The standard InChI is InChI=1S/C20H25N3O/c21-12-15-23(14-11-16-6-2-1-3-7-16)20(24)18-8-4-10-19-17(18)9-5-13-22-19/h1-4,6-8,10,22H,5,9,11-15,21H2. The second-order valence-electron chi connectivity index (χ2n) is 6.18. The predicted molar refractivity (Wildman–Crippen MR) is 98.4 cm³/mol. The van der Waals surface area contributed by atoms with Crippen LogP contribution in [0.2, 0.25) is 0 Å². The molecule has 0 saturated carbocycles. The second kappa shape index (κ2) is 7.97. The Kier molecular flexibility index (Phi) is 5.49. The van der Waals surface area contributed by atoms with Gasteiger partial charge in [0.25, 0.3) is 5.91 Å². The highest BCUT2D eigenvalue weighted by Crippen LogP contribution is 2.26. The van der Waals surface area contributed by atoms with E-state index in [1.165, 1.54) is 5.56 Å². The zero-order chi connectivity index (χ0) is 16.8. The van der Waals surface area contributed by atoms with Crippen molar-refractivity contribution in [3.8, 4) is 0 Å². The lowest BCUT2D eigenvalue weighted by molar-refractivity contribution is 0.0761. The molecule has 0 radical (unpaired) electrons. The van der Waals surface area contributed by atoms with E-state index in [1.807, 2.05) is 35.2 Å². The number of nitrogens with two attached hydrogens (primary N) is 1. The van der Waals surface area contributed by atoms with Crippen LogP contribution in [0, 0.1) is 0 Å². The normalized spacial score (nSPS) is 13.0. The third-order valence-corrected chi connectivity index (χ3v) is 4.52. The molecule has 2 aromatic rings. The summed E-state index contributed by atoms with van der Waals surface area (Å²) >= 11 is 0. The Balaban J connectivity index is 1.77. The number of carbonyl (C=O) groups is 1. The van der Waals surface area contributed by atoms with Crippen LogP contribution in [0.15, 0.2) is 48.5 Å². The van der Waals surface area contributed by atoms with E-state index < -0.39 is 0 Å². The number of nitrogens with zero attached hydrogens (tertiary/aromatic N) is 1. The van der Waals surface area contributed by atoms with Gasteiger partial charge >= 0.3 is 0 Å². The fourth-order valence-corrected chi connectivity index (χ4v) is 3.26. The van der Waals surface area contributed by atoms with Gasteiger partial charge in [-0.1, -0.05) is 36.4 Å². The molecule has 1 aliphatic heterocycles. The van der Waals surface area contributed by atoms with Crippen LogP contribution in [0.25, 0.3) is 0 Å². The Bertz CT molecular complexity index is 685. The molecule has 4 nitrogen and oxygen atoms in total. The maximum absolute atomic E-state index is 13.1. The summed E-state index contributed by atoms with van der Waals surface area (Å²) in [6, 6.07) is 16.2. The summed E-state index contributed by atoms with van der Waals surface area (Å²) in [6.07, 6.45) is 2.87. The van der Waals surface area contributed by atoms with Crippen molar-refractivity contribution in [3.05, 3.63) is 65.2 Å². The molecule has 1 amide bonds. The van der Waals surface area contributed by atoms with Crippen LogP contribution in [0.5, 0.6) is 0 Å². The number of hydrogen-bond acceptors (Lipinski definition) is 3. The van der Waals surface area contributed by atoms with Crippen LogP contribution < -0.4 is 11.1 Å². The molecule has 0 saturated heterocycles. The minimum absolute atomic E-state index is 0.0944. The number of rotatable bonds is 6. The van der Waals surface area contributed by atoms with Crippen molar-refractivity contribution < 1.29 is 4.79 Å². The Hall–Kier alpha value is -2.33. The average Bonchev–Trinajstić information content (AvgIpc) is 2.65. The number of carbonyl (C=O) groups excluding carboxylic acids is 1. The summed E-state index contributed by atoms with van der Waals surface area (Å²) in [4.78, 5) is 15.0. The Morgan fingerprint density at radius 2 is 1.92 bits per heavy atom. The van der Waals surface area contributed by atoms with Crippen LogP contribution in [0.3, 0.4) is 0 Å². The smallest absolute Gasteiger partial charge is 0.254 e. The quantitative estimate of drug-likeness (QED) is 0.859. The van der Waals surface area contributed by atoms with Crippen molar-refractivity contribution >= 4 is 11.6 Å². The zero-order valence-corrected chi connectivity index (χ0v) is 14.0. The summed E-state index contributed by atoms with van der Waals surface area (Å²) in [7, 11) is 0. The fraction of sp³-hybridized carbons (Fsp3) is 0.350. The molecule has 1 aliphatic rings. The topological polar surface area (TPSA) is 58.4 Å². The van der Waals surface area contributed by atoms with Crippen LogP contribution in [-0.2, 0) is 12.8 Å². The van der Waals surface area contributed by atoms with E-state index in [4.69, 9.17) is 5.73 Å². The lowest BCUT2D eigenvalue weighted by Gasteiger charge is -2.26. The minimum atomic E-state index is 0.0944. The first-order valence-electron chi connectivity index (χ1n) is 8.68. The fourth-order valence-electron chi connectivity index (χ4n) is 3.26. The Morgan fingerprint density at radius 3 is 2.71 bits per heavy atom. The van der Waals surface area contributed by atoms with E-state index in [0.717, 1.165) is 42.6 Å². The van der Waals surface area contributed by atoms with Crippen molar-refractivity contribution in [1.82, 2.24) is 4.90 Å². The van der Waals surface area contributed by atoms with E-state index in [-0.39, 0.29) is 5.91 Å². The molecule has 1 heterocycles. The van der Waals surface area contributed by atoms with E-state index in [9.17, 15) is 4.79 Å². The van der Waals surface area contributed by atoms with E-state index in [0.29, 0.717) is 19.6 Å². The van der Waals surface area contributed by atoms with Gasteiger partial charge in [-0.25, -0.2) is 0 Å². The van der Waals surface area contributed by atoms with Gasteiger partial charge in [0, 0.05) is 37.4 Å². The predicted octanol–water partition coefficient (Wildman–Crippen LogP) is 2.69. The number of hydrogen-bond donors (Lipinski definition) is 2. The van der Waals surface area contributed by atoms with Crippen molar-refractivity contribution in [2.45, 2.75) is 19.3 Å². The van der Waals surface area contributed by atoms with Gasteiger partial charge in [-0.3, -0.25) is 4.79 Å². The molecule has 126 valence electrons. The summed E-state index contributed by atoms with van der Waals surface area (Å²) in [5.41, 5.74) is 10.1. The van der Waals surface area contributed by atoms with Gasteiger partial charge in [-0.15, -0.1) is 0 Å². The molecule has 24 heavy (non-hydrogen) atoms. The third kappa shape index (κ3) is 3.77. The van der Waals surface area contributed by atoms with Gasteiger partial charge in [0.2, 0.25) is 0 Å². The first-order valence-corrected chi connectivity index (χ1v) is 8.68. The SMILES string of the molecule is NCCN(CCc1ccccc1)C(=O)c1cccc2c1CCCN2. The lowest BCUT2D eigenvalue weighted by Crippen LogP contribution is -2.37. The average molecular weight is 323 g/mol. The molecule has 4 heteroatoms. The molecule has 0 atom stereocenters. The van der Waals surface area contributed by atoms with Gasteiger partial charge in [-0.05, 0) is 42.5 Å². The molecule has 3 rings (SSSR count). The Labute approximate surface area is 143 Å². The number of amides is 1. The van der Waals surface area contributed by atoms with Gasteiger partial charge < -0.3 is 16.0 Å². The van der Waals surface area contributed by atoms with Gasteiger partial charge in [0.15, 0.2) is 0 Å². The summed E-state index contributed by atoms with van der Waals surface area (Å²) in [5, 5.41) is 3.39. The van der Waals surface area contributed by atoms with Crippen LogP contribution in [0.1, 0.15) is 27.9 Å². The highest BCUT2D eigenvalue weighted by atomic mass is 16.2. The van der Waals surface area contributed by atoms with Crippen LogP contribution >= 0.6 is 0 Å². The van der Waals surface area contributed by atoms with Crippen LogP contribution in [-0.4, -0.2) is 37.0 Å². The molecular formula is C20H25N3O. The van der Waals surface area contributed by atoms with E-state index in [1.54, 1.807) is 0 Å². The third-order valence-electron chi connectivity index (χ3n) is 4.52. The molecule has 0 bridgehead atoms. The molecule has 0 spiro atoms. The maximum Gasteiger partial charge on any atom is 0.254 e. The Morgan fingerprint density at radius 1 is 1.08 bits per heavy atom. The number of fused-ring (bicyclic) bond motifs is 1. The number of benzene rings is 2. The first-order chi connectivity index (χ1) is 11.8. The van der Waals surface area contributed by atoms with E-state index >= 15 is 0 Å². The molecule has 0 fully saturated rings. The van der Waals surface area contributed by atoms with Gasteiger partial charge in [0.05, 0.1) is 0 Å². The highest BCUT2D eigenvalue weighted by molar-refractivity contribution is 5.97. The van der Waals surface area contributed by atoms with Gasteiger partial charge in [-0.2, -0.15) is 0 Å². The lowest BCUT2D eigenvalue weighted by atomic mass is 9.96. The zero-order valence-electron chi connectivity index (χ0n) is 14.0. The van der Waals surface area contributed by atoms with Crippen molar-refractivity contribution in [2.75, 3.05) is 31.5 Å². The maximum atomic E-state index is 13.1. The van der Waals surface area contributed by atoms with Crippen molar-refractivity contribution in [1.29, 1.82) is 0 Å². The molecule has 3 N–H and O–H groups in total. The first kappa shape index (κ1) is 16.5. The monoisotopic (exact) mass is 323 g/mol. The van der Waals surface area contributed by atoms with Crippen LogP contribution in [0.4, 0.5) is 5.69 Å². The summed E-state index contributed by atoms with van der Waals surface area (Å²) in [5.74, 6) is 0.0944. The minimum Gasteiger partial charge on any atom is -0.385 e. The van der Waals surface area contributed by atoms with Crippen molar-refractivity contribution in [3.63, 3.8) is 0 Å². The largest absolute Gasteiger partial charge is 0.385 e. The number of nitrogens with one attached hydrogen (secondary N) is 1. The summed E-state index contributed by atoms with van der Waals surface area (Å²) < 4.78 is 0. The molecule has 0 unspecified atom stereocenters. The molecule has 0 aliphatic carbocycles. The van der Waals surface area contributed by atoms with E-state index in [2.05, 4.69) is 23.5 Å². The second-order valence-corrected chi connectivity index (χ2v) is 6.18. The van der Waals surface area contributed by atoms with Crippen molar-refractivity contribution in [2.24, 2.45) is 5.73 Å². The molecule has 0 aromatic heterocycles. The van der Waals surface area contributed by atoms with Gasteiger partial charge in [0.1, 0.15) is 0 Å². The number of anilines is 1.